The SMILES string of the molecule is C/C=C1\OC(=O)c2cc(C)oc(=O)c21. The van der Waals surface area contributed by atoms with Gasteiger partial charge >= 0.3 is 11.6 Å². The van der Waals surface area contributed by atoms with E-state index in [1.807, 2.05) is 0 Å². The molecule has 0 fully saturated rings. The molecule has 0 spiro atoms. The average Bonchev–Trinajstić information content (AvgIpc) is 2.43. The van der Waals surface area contributed by atoms with Crippen LogP contribution in [0.4, 0.5) is 0 Å². The van der Waals surface area contributed by atoms with Crippen LogP contribution in [-0.2, 0) is 4.74 Å². The van der Waals surface area contributed by atoms with E-state index in [1.165, 1.54) is 6.07 Å². The minimum Gasteiger partial charge on any atom is -0.428 e. The Morgan fingerprint density at radius 3 is 2.71 bits per heavy atom. The third-order valence-electron chi connectivity index (χ3n) is 2.01. The molecule has 0 unspecified atom stereocenters. The summed E-state index contributed by atoms with van der Waals surface area (Å²) in [5.74, 6) is 0.186. The Balaban J connectivity index is 2.81. The molecular weight excluding hydrogens is 184 g/mol. The highest BCUT2D eigenvalue weighted by Gasteiger charge is 2.30. The summed E-state index contributed by atoms with van der Waals surface area (Å²) in [6.45, 7) is 3.31. The molecule has 0 N–H and O–H groups in total. The number of esters is 1. The summed E-state index contributed by atoms with van der Waals surface area (Å²) in [5.41, 5.74) is -0.0195. The predicted octanol–water partition coefficient (Wildman–Crippen LogP) is 1.48. The number of carbonyl (C=O) groups excluding carboxylic acids is 1. The van der Waals surface area contributed by atoms with Gasteiger partial charge in [0.25, 0.3) is 0 Å². The number of rotatable bonds is 0. The van der Waals surface area contributed by atoms with Crippen LogP contribution < -0.4 is 5.63 Å². The summed E-state index contributed by atoms with van der Waals surface area (Å²) >= 11 is 0. The lowest BCUT2D eigenvalue weighted by Crippen LogP contribution is -2.07. The smallest absolute Gasteiger partial charge is 0.347 e. The molecule has 2 heterocycles. The zero-order chi connectivity index (χ0) is 10.3. The zero-order valence-corrected chi connectivity index (χ0v) is 7.79. The first-order valence-corrected chi connectivity index (χ1v) is 4.17. The Kier molecular flexibility index (Phi) is 1.77. The van der Waals surface area contributed by atoms with E-state index in [2.05, 4.69) is 0 Å². The monoisotopic (exact) mass is 192 g/mol. The third kappa shape index (κ3) is 1.08. The lowest BCUT2D eigenvalue weighted by molar-refractivity contribution is 0.0715. The number of hydrogen-bond acceptors (Lipinski definition) is 4. The zero-order valence-electron chi connectivity index (χ0n) is 7.79. The van der Waals surface area contributed by atoms with Gasteiger partial charge in [-0.3, -0.25) is 0 Å². The van der Waals surface area contributed by atoms with Crippen molar-refractivity contribution in [1.82, 2.24) is 0 Å². The lowest BCUT2D eigenvalue weighted by Gasteiger charge is -1.94. The van der Waals surface area contributed by atoms with Gasteiger partial charge in [0.15, 0.2) is 0 Å². The second kappa shape index (κ2) is 2.83. The normalized spacial score (nSPS) is 17.0. The molecule has 1 aromatic heterocycles. The fraction of sp³-hybridized carbons (Fsp3) is 0.200. The van der Waals surface area contributed by atoms with Gasteiger partial charge in [-0.25, -0.2) is 9.59 Å². The molecule has 0 saturated carbocycles. The Bertz CT molecular complexity index is 493. The highest BCUT2D eigenvalue weighted by atomic mass is 16.5. The lowest BCUT2D eigenvalue weighted by atomic mass is 10.1. The molecule has 0 bridgehead atoms. The summed E-state index contributed by atoms with van der Waals surface area (Å²) in [6, 6.07) is 1.51. The Hall–Kier alpha value is -1.84. The molecule has 0 amide bonds. The Morgan fingerprint density at radius 2 is 2.07 bits per heavy atom. The van der Waals surface area contributed by atoms with Crippen LogP contribution in [0.5, 0.6) is 0 Å². The Morgan fingerprint density at radius 1 is 1.36 bits per heavy atom. The summed E-state index contributed by atoms with van der Waals surface area (Å²) in [6.07, 6.45) is 1.57. The van der Waals surface area contributed by atoms with E-state index < -0.39 is 11.6 Å². The van der Waals surface area contributed by atoms with Gasteiger partial charge < -0.3 is 9.15 Å². The first kappa shape index (κ1) is 8.74. The predicted molar refractivity (Wildman–Crippen MR) is 48.8 cm³/mol. The van der Waals surface area contributed by atoms with Crippen molar-refractivity contribution in [2.24, 2.45) is 0 Å². The maximum Gasteiger partial charge on any atom is 0.347 e. The minimum atomic E-state index is -0.529. The fourth-order valence-electron chi connectivity index (χ4n) is 1.42. The number of allylic oxidation sites excluding steroid dienone is 1. The number of hydrogen-bond donors (Lipinski definition) is 0. The third-order valence-corrected chi connectivity index (χ3v) is 2.01. The van der Waals surface area contributed by atoms with E-state index in [0.29, 0.717) is 5.76 Å². The van der Waals surface area contributed by atoms with Gasteiger partial charge in [-0.2, -0.15) is 0 Å². The average molecular weight is 192 g/mol. The van der Waals surface area contributed by atoms with Gasteiger partial charge in [-0.1, -0.05) is 0 Å². The van der Waals surface area contributed by atoms with Crippen LogP contribution in [0.25, 0.3) is 5.76 Å². The van der Waals surface area contributed by atoms with E-state index in [-0.39, 0.29) is 16.9 Å². The molecule has 0 saturated heterocycles. The molecule has 1 aliphatic rings. The molecule has 0 aromatic carbocycles. The summed E-state index contributed by atoms with van der Waals surface area (Å²) in [5, 5.41) is 0. The van der Waals surface area contributed by atoms with E-state index >= 15 is 0 Å². The number of carbonyl (C=O) groups is 1. The fourth-order valence-corrected chi connectivity index (χ4v) is 1.42. The van der Waals surface area contributed by atoms with Crippen LogP contribution in [-0.4, -0.2) is 5.97 Å². The van der Waals surface area contributed by atoms with Crippen LogP contribution in [0.2, 0.25) is 0 Å². The number of cyclic esters (lactones) is 1. The van der Waals surface area contributed by atoms with E-state index in [1.54, 1.807) is 19.9 Å². The van der Waals surface area contributed by atoms with Gasteiger partial charge in [0.2, 0.25) is 0 Å². The quantitative estimate of drug-likeness (QED) is 0.584. The maximum atomic E-state index is 11.4. The molecule has 2 rings (SSSR count). The molecule has 0 aliphatic carbocycles. The van der Waals surface area contributed by atoms with Crippen molar-refractivity contribution in [3.8, 4) is 0 Å². The summed E-state index contributed by atoms with van der Waals surface area (Å²) in [7, 11) is 0. The number of ether oxygens (including phenoxy) is 1. The molecule has 4 heteroatoms. The van der Waals surface area contributed by atoms with Crippen molar-refractivity contribution in [2.45, 2.75) is 13.8 Å². The number of aryl methyl sites for hydroxylation is 1. The topological polar surface area (TPSA) is 56.5 Å². The van der Waals surface area contributed by atoms with Crippen molar-refractivity contribution in [3.05, 3.63) is 39.4 Å². The molecule has 0 atom stereocenters. The van der Waals surface area contributed by atoms with E-state index in [4.69, 9.17) is 9.15 Å². The van der Waals surface area contributed by atoms with Gasteiger partial charge in [0, 0.05) is 0 Å². The second-order valence-corrected chi connectivity index (χ2v) is 2.98. The van der Waals surface area contributed by atoms with Crippen molar-refractivity contribution >= 4 is 11.7 Å². The summed E-state index contributed by atoms with van der Waals surface area (Å²) < 4.78 is 9.75. The number of fused-ring (bicyclic) bond motifs is 1. The van der Waals surface area contributed by atoms with Crippen LogP contribution in [0.1, 0.15) is 28.6 Å². The van der Waals surface area contributed by atoms with Crippen LogP contribution in [0, 0.1) is 6.92 Å². The van der Waals surface area contributed by atoms with Gasteiger partial charge in [0.05, 0.1) is 5.56 Å². The Labute approximate surface area is 79.8 Å². The van der Waals surface area contributed by atoms with Gasteiger partial charge in [-0.05, 0) is 26.0 Å². The molecule has 14 heavy (non-hydrogen) atoms. The highest BCUT2D eigenvalue weighted by molar-refractivity contribution is 6.02. The largest absolute Gasteiger partial charge is 0.428 e. The first-order chi connectivity index (χ1) is 6.63. The van der Waals surface area contributed by atoms with Crippen molar-refractivity contribution < 1.29 is 13.9 Å². The van der Waals surface area contributed by atoms with Crippen LogP contribution in [0.15, 0.2) is 21.4 Å². The van der Waals surface area contributed by atoms with Crippen molar-refractivity contribution in [1.29, 1.82) is 0 Å². The van der Waals surface area contributed by atoms with E-state index in [9.17, 15) is 9.59 Å². The minimum absolute atomic E-state index is 0.225. The molecule has 4 nitrogen and oxygen atoms in total. The molecule has 72 valence electrons. The molecule has 1 aliphatic heterocycles. The van der Waals surface area contributed by atoms with Crippen LogP contribution >= 0.6 is 0 Å². The summed E-state index contributed by atoms with van der Waals surface area (Å²) in [4.78, 5) is 22.7. The molecule has 0 radical (unpaired) electrons. The van der Waals surface area contributed by atoms with Crippen molar-refractivity contribution in [2.75, 3.05) is 0 Å². The molecule has 1 aromatic rings. The standard InChI is InChI=1S/C10H8O4/c1-3-7-8-6(9(11)14-7)4-5(2)13-10(8)12/h3-4H,1-2H3/b7-3-. The van der Waals surface area contributed by atoms with E-state index in [0.717, 1.165) is 0 Å². The van der Waals surface area contributed by atoms with Gasteiger partial charge in [0.1, 0.15) is 17.1 Å². The van der Waals surface area contributed by atoms with Gasteiger partial charge in [-0.15, -0.1) is 0 Å². The highest BCUT2D eigenvalue weighted by Crippen LogP contribution is 2.26. The second-order valence-electron chi connectivity index (χ2n) is 2.98. The van der Waals surface area contributed by atoms with Crippen molar-refractivity contribution in [3.63, 3.8) is 0 Å². The molecular formula is C10H8O4. The first-order valence-electron chi connectivity index (χ1n) is 4.17. The maximum absolute atomic E-state index is 11.4. The van der Waals surface area contributed by atoms with Crippen LogP contribution in [0.3, 0.4) is 0 Å².